The van der Waals surface area contributed by atoms with E-state index in [0.717, 1.165) is 0 Å². The van der Waals surface area contributed by atoms with Crippen LogP contribution >= 0.6 is 0 Å². The smallest absolute Gasteiger partial charge is 0.240 e. The highest BCUT2D eigenvalue weighted by atomic mass is 16.5. The second-order valence-corrected chi connectivity index (χ2v) is 3.07. The molecule has 0 fully saturated rings. The standard InChI is InChI=1S/C10H11N3O3/c1-15-7-4-2-3-6(14)9(7)10-12-8(5-11)16-13-10/h2-4,14H,5,11H2,1H3. The van der Waals surface area contributed by atoms with Gasteiger partial charge in [0.15, 0.2) is 0 Å². The van der Waals surface area contributed by atoms with Crippen molar-refractivity contribution in [1.82, 2.24) is 10.1 Å². The Kier molecular flexibility index (Phi) is 2.74. The Hall–Kier alpha value is -2.08. The number of hydrogen-bond donors (Lipinski definition) is 2. The molecule has 6 heteroatoms. The van der Waals surface area contributed by atoms with E-state index in [-0.39, 0.29) is 18.1 Å². The third-order valence-corrected chi connectivity index (χ3v) is 2.09. The largest absolute Gasteiger partial charge is 0.507 e. The summed E-state index contributed by atoms with van der Waals surface area (Å²) in [6, 6.07) is 4.89. The number of ether oxygens (including phenoxy) is 1. The molecule has 0 amide bonds. The van der Waals surface area contributed by atoms with Gasteiger partial charge in [-0.2, -0.15) is 4.98 Å². The predicted octanol–water partition coefficient (Wildman–Crippen LogP) is 0.909. The fourth-order valence-electron chi connectivity index (χ4n) is 1.35. The summed E-state index contributed by atoms with van der Waals surface area (Å²) in [6.07, 6.45) is 0. The van der Waals surface area contributed by atoms with Gasteiger partial charge in [0.05, 0.1) is 13.7 Å². The molecule has 0 aliphatic carbocycles. The van der Waals surface area contributed by atoms with E-state index in [2.05, 4.69) is 10.1 Å². The maximum atomic E-state index is 9.72. The molecule has 0 atom stereocenters. The molecule has 0 aliphatic rings. The molecule has 0 aliphatic heterocycles. The number of nitrogens with two attached hydrogens (primary N) is 1. The lowest BCUT2D eigenvalue weighted by molar-refractivity contribution is 0.379. The van der Waals surface area contributed by atoms with Crippen LogP contribution in [0, 0.1) is 0 Å². The topological polar surface area (TPSA) is 94.4 Å². The lowest BCUT2D eigenvalue weighted by Gasteiger charge is -2.05. The Labute approximate surface area is 91.7 Å². The Bertz CT molecular complexity index is 496. The van der Waals surface area contributed by atoms with Crippen molar-refractivity contribution in [1.29, 1.82) is 0 Å². The Balaban J connectivity index is 2.53. The predicted molar refractivity (Wildman–Crippen MR) is 55.8 cm³/mol. The number of rotatable bonds is 3. The van der Waals surface area contributed by atoms with Crippen molar-refractivity contribution >= 4 is 0 Å². The zero-order chi connectivity index (χ0) is 11.5. The minimum absolute atomic E-state index is 0.0312. The van der Waals surface area contributed by atoms with Gasteiger partial charge in [0.25, 0.3) is 0 Å². The van der Waals surface area contributed by atoms with Crippen LogP contribution in [0.25, 0.3) is 11.4 Å². The molecule has 0 saturated carbocycles. The molecule has 0 unspecified atom stereocenters. The van der Waals surface area contributed by atoms with Gasteiger partial charge in [-0.1, -0.05) is 11.2 Å². The van der Waals surface area contributed by atoms with E-state index in [1.54, 1.807) is 12.1 Å². The molecular weight excluding hydrogens is 210 g/mol. The molecule has 6 nitrogen and oxygen atoms in total. The highest BCUT2D eigenvalue weighted by Crippen LogP contribution is 2.35. The van der Waals surface area contributed by atoms with Crippen molar-refractivity contribution in [3.63, 3.8) is 0 Å². The number of aromatic nitrogens is 2. The zero-order valence-electron chi connectivity index (χ0n) is 8.67. The summed E-state index contributed by atoms with van der Waals surface area (Å²) in [5.74, 6) is 1.07. The van der Waals surface area contributed by atoms with Crippen molar-refractivity contribution in [3.8, 4) is 22.9 Å². The van der Waals surface area contributed by atoms with Gasteiger partial charge >= 0.3 is 0 Å². The van der Waals surface area contributed by atoms with Crippen molar-refractivity contribution in [3.05, 3.63) is 24.1 Å². The fourth-order valence-corrected chi connectivity index (χ4v) is 1.35. The van der Waals surface area contributed by atoms with Crippen molar-refractivity contribution in [2.75, 3.05) is 7.11 Å². The summed E-state index contributed by atoms with van der Waals surface area (Å²) < 4.78 is 9.98. The number of nitrogens with zero attached hydrogens (tertiary/aromatic N) is 2. The van der Waals surface area contributed by atoms with Gasteiger partial charge in [-0.05, 0) is 12.1 Å². The van der Waals surface area contributed by atoms with E-state index < -0.39 is 0 Å². The van der Waals surface area contributed by atoms with Gasteiger partial charge in [0, 0.05) is 0 Å². The average molecular weight is 221 g/mol. The summed E-state index contributed by atoms with van der Waals surface area (Å²) in [5, 5.41) is 13.4. The van der Waals surface area contributed by atoms with Crippen molar-refractivity contribution < 1.29 is 14.4 Å². The number of benzene rings is 1. The maximum absolute atomic E-state index is 9.72. The molecule has 0 radical (unpaired) electrons. The quantitative estimate of drug-likeness (QED) is 0.799. The summed E-state index contributed by atoms with van der Waals surface area (Å²) in [6.45, 7) is 0.156. The van der Waals surface area contributed by atoms with Crippen LogP contribution < -0.4 is 10.5 Å². The number of phenols is 1. The van der Waals surface area contributed by atoms with Crippen LogP contribution in [0.4, 0.5) is 0 Å². The monoisotopic (exact) mass is 221 g/mol. The molecule has 3 N–H and O–H groups in total. The first kappa shape index (κ1) is 10.4. The van der Waals surface area contributed by atoms with Crippen LogP contribution in [0.5, 0.6) is 11.5 Å². The third-order valence-electron chi connectivity index (χ3n) is 2.09. The maximum Gasteiger partial charge on any atom is 0.240 e. The molecule has 2 aromatic rings. The molecule has 0 spiro atoms. The lowest BCUT2D eigenvalue weighted by atomic mass is 10.1. The number of phenolic OH excluding ortho intramolecular Hbond substituents is 1. The van der Waals surface area contributed by atoms with Crippen LogP contribution in [0.2, 0.25) is 0 Å². The first-order valence-electron chi connectivity index (χ1n) is 4.65. The van der Waals surface area contributed by atoms with Gasteiger partial charge in [-0.15, -0.1) is 0 Å². The first-order chi connectivity index (χ1) is 7.76. The Morgan fingerprint density at radius 2 is 2.31 bits per heavy atom. The van der Waals surface area contributed by atoms with Gasteiger partial charge in [0.2, 0.25) is 11.7 Å². The molecule has 0 saturated heterocycles. The summed E-state index contributed by atoms with van der Waals surface area (Å²) in [7, 11) is 1.50. The van der Waals surface area contributed by atoms with Gasteiger partial charge in [-0.3, -0.25) is 0 Å². The molecule has 0 bridgehead atoms. The van der Waals surface area contributed by atoms with Crippen molar-refractivity contribution in [2.24, 2.45) is 5.73 Å². The van der Waals surface area contributed by atoms with Crippen LogP contribution in [0.15, 0.2) is 22.7 Å². The Morgan fingerprint density at radius 3 is 2.94 bits per heavy atom. The SMILES string of the molecule is COc1cccc(O)c1-c1noc(CN)n1. The second kappa shape index (κ2) is 4.19. The highest BCUT2D eigenvalue weighted by Gasteiger charge is 2.16. The summed E-state index contributed by atoms with van der Waals surface area (Å²) in [5.41, 5.74) is 5.76. The molecule has 1 aromatic heterocycles. The van der Waals surface area contributed by atoms with E-state index in [1.165, 1.54) is 13.2 Å². The van der Waals surface area contributed by atoms with Gasteiger partial charge < -0.3 is 20.1 Å². The fraction of sp³-hybridized carbons (Fsp3) is 0.200. The summed E-state index contributed by atoms with van der Waals surface area (Å²) in [4.78, 5) is 4.03. The van der Waals surface area contributed by atoms with Gasteiger partial charge in [0.1, 0.15) is 17.1 Å². The van der Waals surface area contributed by atoms with E-state index in [9.17, 15) is 5.11 Å². The van der Waals surface area contributed by atoms with E-state index in [1.807, 2.05) is 0 Å². The number of aromatic hydroxyl groups is 1. The zero-order valence-corrected chi connectivity index (χ0v) is 8.67. The molecule has 16 heavy (non-hydrogen) atoms. The van der Waals surface area contributed by atoms with Crippen LogP contribution in [0.1, 0.15) is 5.89 Å². The van der Waals surface area contributed by atoms with E-state index in [0.29, 0.717) is 17.2 Å². The van der Waals surface area contributed by atoms with E-state index in [4.69, 9.17) is 15.0 Å². The van der Waals surface area contributed by atoms with Crippen LogP contribution in [-0.2, 0) is 6.54 Å². The molecule has 2 rings (SSSR count). The number of methoxy groups -OCH3 is 1. The number of hydrogen-bond acceptors (Lipinski definition) is 6. The molecule has 84 valence electrons. The first-order valence-corrected chi connectivity index (χ1v) is 4.65. The Morgan fingerprint density at radius 1 is 1.50 bits per heavy atom. The van der Waals surface area contributed by atoms with Crippen LogP contribution in [0.3, 0.4) is 0 Å². The van der Waals surface area contributed by atoms with Crippen LogP contribution in [-0.4, -0.2) is 22.4 Å². The molecular formula is C10H11N3O3. The minimum Gasteiger partial charge on any atom is -0.507 e. The van der Waals surface area contributed by atoms with Crippen molar-refractivity contribution in [2.45, 2.75) is 6.54 Å². The normalized spacial score (nSPS) is 10.4. The summed E-state index contributed by atoms with van der Waals surface area (Å²) >= 11 is 0. The molecule has 1 heterocycles. The molecule has 1 aromatic carbocycles. The van der Waals surface area contributed by atoms with E-state index >= 15 is 0 Å². The lowest BCUT2D eigenvalue weighted by Crippen LogP contribution is -1.96. The highest BCUT2D eigenvalue weighted by molar-refractivity contribution is 5.70. The van der Waals surface area contributed by atoms with Gasteiger partial charge in [-0.25, -0.2) is 0 Å². The average Bonchev–Trinajstić information content (AvgIpc) is 2.76. The third kappa shape index (κ3) is 1.70. The minimum atomic E-state index is 0.0312. The second-order valence-electron chi connectivity index (χ2n) is 3.07.